The smallest absolute Gasteiger partial charge is 0.325 e. The van der Waals surface area contributed by atoms with Crippen molar-refractivity contribution in [1.29, 1.82) is 0 Å². The van der Waals surface area contributed by atoms with Gasteiger partial charge in [0.05, 0.1) is 0 Å². The highest BCUT2D eigenvalue weighted by Gasteiger charge is 2.17. The SMILES string of the molecule is Cc1ccc(C(=O)COC(=O)CNC(=O)c2ccc3c(c2)OCO3)cc1. The summed E-state index contributed by atoms with van der Waals surface area (Å²) < 4.78 is 15.3. The summed E-state index contributed by atoms with van der Waals surface area (Å²) in [7, 11) is 0. The van der Waals surface area contributed by atoms with Crippen LogP contribution in [0.4, 0.5) is 0 Å². The van der Waals surface area contributed by atoms with E-state index in [1.807, 2.05) is 6.92 Å². The summed E-state index contributed by atoms with van der Waals surface area (Å²) in [5.41, 5.74) is 1.83. The Labute approximate surface area is 149 Å². The Morgan fingerprint density at radius 1 is 1.00 bits per heavy atom. The van der Waals surface area contributed by atoms with Crippen LogP contribution >= 0.6 is 0 Å². The summed E-state index contributed by atoms with van der Waals surface area (Å²) in [5, 5.41) is 2.44. The predicted octanol–water partition coefficient (Wildman–Crippen LogP) is 1.88. The molecule has 0 atom stereocenters. The Balaban J connectivity index is 1.45. The van der Waals surface area contributed by atoms with E-state index in [0.29, 0.717) is 22.6 Å². The lowest BCUT2D eigenvalue weighted by Gasteiger charge is -2.07. The first-order valence-corrected chi connectivity index (χ1v) is 7.96. The molecule has 3 rings (SSSR count). The summed E-state index contributed by atoms with van der Waals surface area (Å²) in [5.74, 6) is -0.412. The predicted molar refractivity (Wildman–Crippen MR) is 91.4 cm³/mol. The molecule has 0 radical (unpaired) electrons. The van der Waals surface area contributed by atoms with E-state index in [1.165, 1.54) is 6.07 Å². The molecule has 0 unspecified atom stereocenters. The van der Waals surface area contributed by atoms with Gasteiger partial charge in [0, 0.05) is 11.1 Å². The molecule has 0 aliphatic carbocycles. The number of aryl methyl sites for hydroxylation is 1. The largest absolute Gasteiger partial charge is 0.456 e. The Bertz CT molecular complexity index is 844. The number of benzene rings is 2. The van der Waals surface area contributed by atoms with E-state index in [2.05, 4.69) is 5.32 Å². The lowest BCUT2D eigenvalue weighted by molar-refractivity contribution is -0.141. The topological polar surface area (TPSA) is 90.9 Å². The molecule has 1 aliphatic rings. The van der Waals surface area contributed by atoms with Crippen molar-refractivity contribution < 1.29 is 28.6 Å². The molecule has 0 fully saturated rings. The van der Waals surface area contributed by atoms with E-state index in [4.69, 9.17) is 14.2 Å². The summed E-state index contributed by atoms with van der Waals surface area (Å²) in [6.07, 6.45) is 0. The van der Waals surface area contributed by atoms with E-state index in [0.717, 1.165) is 5.56 Å². The van der Waals surface area contributed by atoms with E-state index in [1.54, 1.807) is 36.4 Å². The molecule has 0 spiro atoms. The van der Waals surface area contributed by atoms with Crippen molar-refractivity contribution in [1.82, 2.24) is 5.32 Å². The molecule has 1 aliphatic heterocycles. The van der Waals surface area contributed by atoms with Gasteiger partial charge in [0.1, 0.15) is 6.54 Å². The standard InChI is InChI=1S/C19H17NO6/c1-12-2-4-13(5-3-12)15(21)10-24-18(22)9-20-19(23)14-6-7-16-17(8-14)26-11-25-16/h2-8H,9-11H2,1H3,(H,20,23). The number of rotatable bonds is 6. The molecule has 0 bridgehead atoms. The van der Waals surface area contributed by atoms with Gasteiger partial charge in [-0.15, -0.1) is 0 Å². The van der Waals surface area contributed by atoms with Crippen LogP contribution in [-0.4, -0.2) is 37.6 Å². The van der Waals surface area contributed by atoms with Crippen molar-refractivity contribution >= 4 is 17.7 Å². The third kappa shape index (κ3) is 4.18. The van der Waals surface area contributed by atoms with Crippen LogP contribution in [0.3, 0.4) is 0 Å². The van der Waals surface area contributed by atoms with Crippen LogP contribution in [0.25, 0.3) is 0 Å². The number of amides is 1. The fourth-order valence-corrected chi connectivity index (χ4v) is 2.31. The number of ether oxygens (including phenoxy) is 3. The fraction of sp³-hybridized carbons (Fsp3) is 0.211. The molecule has 7 heteroatoms. The maximum Gasteiger partial charge on any atom is 0.325 e. The molecule has 7 nitrogen and oxygen atoms in total. The first-order chi connectivity index (χ1) is 12.5. The highest BCUT2D eigenvalue weighted by atomic mass is 16.7. The molecule has 2 aromatic carbocycles. The minimum atomic E-state index is -0.695. The maximum atomic E-state index is 12.1. The second-order valence-electron chi connectivity index (χ2n) is 5.70. The van der Waals surface area contributed by atoms with Gasteiger partial charge < -0.3 is 19.5 Å². The van der Waals surface area contributed by atoms with E-state index in [9.17, 15) is 14.4 Å². The summed E-state index contributed by atoms with van der Waals surface area (Å²) in [4.78, 5) is 35.7. The second kappa shape index (κ2) is 7.69. The zero-order chi connectivity index (χ0) is 18.5. The zero-order valence-electron chi connectivity index (χ0n) is 14.1. The highest BCUT2D eigenvalue weighted by molar-refractivity contribution is 5.99. The van der Waals surface area contributed by atoms with Crippen LogP contribution in [0, 0.1) is 6.92 Å². The number of ketones is 1. The Morgan fingerprint density at radius 3 is 2.46 bits per heavy atom. The molecule has 134 valence electrons. The van der Waals surface area contributed by atoms with Gasteiger partial charge in [-0.25, -0.2) is 0 Å². The van der Waals surface area contributed by atoms with Crippen molar-refractivity contribution in [3.8, 4) is 11.5 Å². The van der Waals surface area contributed by atoms with E-state index >= 15 is 0 Å². The van der Waals surface area contributed by atoms with Crippen LogP contribution < -0.4 is 14.8 Å². The van der Waals surface area contributed by atoms with Gasteiger partial charge in [0.2, 0.25) is 6.79 Å². The van der Waals surface area contributed by atoms with E-state index < -0.39 is 11.9 Å². The van der Waals surface area contributed by atoms with Crippen molar-refractivity contribution in [2.45, 2.75) is 6.92 Å². The first-order valence-electron chi connectivity index (χ1n) is 7.96. The number of hydrogen-bond acceptors (Lipinski definition) is 6. The molecule has 26 heavy (non-hydrogen) atoms. The van der Waals surface area contributed by atoms with Gasteiger partial charge >= 0.3 is 5.97 Å². The minimum absolute atomic E-state index is 0.113. The first kappa shape index (κ1) is 17.5. The normalized spacial score (nSPS) is 11.7. The quantitative estimate of drug-likeness (QED) is 0.628. The number of carbonyl (C=O) groups excluding carboxylic acids is 3. The molecule has 2 aromatic rings. The maximum absolute atomic E-state index is 12.1. The number of carbonyl (C=O) groups is 3. The van der Waals surface area contributed by atoms with E-state index in [-0.39, 0.29) is 25.7 Å². The Morgan fingerprint density at radius 2 is 1.69 bits per heavy atom. The van der Waals surface area contributed by atoms with Crippen molar-refractivity contribution in [2.75, 3.05) is 19.9 Å². The second-order valence-corrected chi connectivity index (χ2v) is 5.70. The average molecular weight is 355 g/mol. The van der Waals surface area contributed by atoms with Gasteiger partial charge in [-0.1, -0.05) is 29.8 Å². The number of hydrogen-bond donors (Lipinski definition) is 1. The number of Topliss-reactive ketones (excluding diaryl/α,β-unsaturated/α-hetero) is 1. The van der Waals surface area contributed by atoms with Crippen molar-refractivity contribution in [3.05, 3.63) is 59.2 Å². The van der Waals surface area contributed by atoms with Gasteiger partial charge in [0.25, 0.3) is 5.91 Å². The molecular formula is C19H17NO6. The molecule has 1 heterocycles. The van der Waals surface area contributed by atoms with Crippen LogP contribution in [-0.2, 0) is 9.53 Å². The average Bonchev–Trinajstić information content (AvgIpc) is 3.12. The zero-order valence-corrected chi connectivity index (χ0v) is 14.1. The monoisotopic (exact) mass is 355 g/mol. The third-order valence-corrected chi connectivity index (χ3v) is 3.77. The van der Waals surface area contributed by atoms with Crippen LogP contribution in [0.1, 0.15) is 26.3 Å². The number of fused-ring (bicyclic) bond motifs is 1. The van der Waals surface area contributed by atoms with Crippen LogP contribution in [0.5, 0.6) is 11.5 Å². The Hall–Kier alpha value is -3.35. The third-order valence-electron chi connectivity index (χ3n) is 3.77. The van der Waals surface area contributed by atoms with Gasteiger partial charge in [-0.2, -0.15) is 0 Å². The molecule has 0 saturated heterocycles. The summed E-state index contributed by atoms with van der Waals surface area (Å²) in [6, 6.07) is 11.7. The van der Waals surface area contributed by atoms with Crippen molar-refractivity contribution in [2.24, 2.45) is 0 Å². The lowest BCUT2D eigenvalue weighted by Crippen LogP contribution is -2.31. The lowest BCUT2D eigenvalue weighted by atomic mass is 10.1. The fourth-order valence-electron chi connectivity index (χ4n) is 2.31. The summed E-state index contributed by atoms with van der Waals surface area (Å²) in [6.45, 7) is 1.31. The molecule has 0 aromatic heterocycles. The molecule has 0 saturated carbocycles. The van der Waals surface area contributed by atoms with Crippen LogP contribution in [0.15, 0.2) is 42.5 Å². The molecular weight excluding hydrogens is 338 g/mol. The van der Waals surface area contributed by atoms with Crippen LogP contribution in [0.2, 0.25) is 0 Å². The van der Waals surface area contributed by atoms with Crippen molar-refractivity contribution in [3.63, 3.8) is 0 Å². The number of esters is 1. The summed E-state index contributed by atoms with van der Waals surface area (Å²) >= 11 is 0. The minimum Gasteiger partial charge on any atom is -0.456 e. The Kier molecular flexibility index (Phi) is 5.17. The molecule has 1 amide bonds. The number of nitrogens with one attached hydrogen (secondary N) is 1. The van der Waals surface area contributed by atoms with Gasteiger partial charge in [-0.3, -0.25) is 14.4 Å². The van der Waals surface area contributed by atoms with Gasteiger partial charge in [-0.05, 0) is 25.1 Å². The highest BCUT2D eigenvalue weighted by Crippen LogP contribution is 2.32. The van der Waals surface area contributed by atoms with Gasteiger partial charge in [0.15, 0.2) is 23.9 Å². The molecule has 1 N–H and O–H groups in total.